The molecule has 5 nitrogen and oxygen atoms in total. The molecular formula is C8H10N2O3. The van der Waals surface area contributed by atoms with Gasteiger partial charge in [-0.3, -0.25) is 9.48 Å². The summed E-state index contributed by atoms with van der Waals surface area (Å²) < 4.78 is 1.55. The van der Waals surface area contributed by atoms with Gasteiger partial charge >= 0.3 is 5.97 Å². The molecule has 0 radical (unpaired) electrons. The van der Waals surface area contributed by atoms with Gasteiger partial charge in [0.15, 0.2) is 0 Å². The molecule has 0 saturated heterocycles. The van der Waals surface area contributed by atoms with Crippen LogP contribution in [0.15, 0.2) is 12.4 Å². The number of aryl methyl sites for hydroxylation is 1. The Labute approximate surface area is 75.0 Å². The Hall–Kier alpha value is -1.65. The molecule has 0 amide bonds. The minimum Gasteiger partial charge on any atom is -0.475 e. The maximum Gasteiger partial charge on any atom is 0.377 e. The number of carbonyl (C=O) groups excluding carboxylic acids is 1. The molecule has 1 aromatic rings. The van der Waals surface area contributed by atoms with Crippen molar-refractivity contribution in [2.45, 2.75) is 19.9 Å². The van der Waals surface area contributed by atoms with Crippen molar-refractivity contribution in [3.8, 4) is 0 Å². The van der Waals surface area contributed by atoms with Crippen LogP contribution in [0.5, 0.6) is 0 Å². The van der Waals surface area contributed by atoms with Gasteiger partial charge in [-0.2, -0.15) is 5.10 Å². The van der Waals surface area contributed by atoms with E-state index in [1.54, 1.807) is 4.68 Å². The molecule has 0 aliphatic carbocycles. The van der Waals surface area contributed by atoms with Crippen LogP contribution in [0.25, 0.3) is 0 Å². The van der Waals surface area contributed by atoms with Crippen molar-refractivity contribution in [2.75, 3.05) is 0 Å². The summed E-state index contributed by atoms with van der Waals surface area (Å²) in [5.74, 6) is -2.36. The number of aliphatic carboxylic acids is 1. The van der Waals surface area contributed by atoms with Gasteiger partial charge in [-0.1, -0.05) is 6.92 Å². The Morgan fingerprint density at radius 1 is 1.62 bits per heavy atom. The second kappa shape index (κ2) is 3.84. The summed E-state index contributed by atoms with van der Waals surface area (Å²) in [6, 6.07) is 0. The number of Topliss-reactive ketones (excluding diaryl/α,β-unsaturated/α-hetero) is 1. The molecule has 70 valence electrons. The molecule has 0 unspecified atom stereocenters. The Morgan fingerprint density at radius 3 is 2.85 bits per heavy atom. The molecule has 1 N–H and O–H groups in total. The maximum atomic E-state index is 10.9. The normalized spacial score (nSPS) is 9.92. The molecule has 1 heterocycles. The monoisotopic (exact) mass is 182 g/mol. The average Bonchev–Trinajstić information content (AvgIpc) is 2.52. The Balaban J connectivity index is 2.79. The number of aromatic nitrogens is 2. The standard InChI is InChI=1S/C8H10N2O3/c1-2-3-10-5-6(4-9-10)7(11)8(12)13/h4-5H,2-3H2,1H3,(H,12,13). The lowest BCUT2D eigenvalue weighted by Gasteiger charge is -1.94. The van der Waals surface area contributed by atoms with Crippen LogP contribution in [0, 0.1) is 0 Å². The molecule has 1 rings (SSSR count). The molecular weight excluding hydrogens is 172 g/mol. The zero-order chi connectivity index (χ0) is 9.84. The summed E-state index contributed by atoms with van der Waals surface area (Å²) in [5, 5.41) is 12.2. The first-order chi connectivity index (χ1) is 6.15. The van der Waals surface area contributed by atoms with Gasteiger partial charge < -0.3 is 5.11 Å². The third-order valence-electron chi connectivity index (χ3n) is 1.54. The van der Waals surface area contributed by atoms with Crippen molar-refractivity contribution in [3.63, 3.8) is 0 Å². The number of hydrogen-bond donors (Lipinski definition) is 1. The van der Waals surface area contributed by atoms with Crippen LogP contribution in [0.2, 0.25) is 0 Å². The molecule has 0 spiro atoms. The van der Waals surface area contributed by atoms with Crippen molar-refractivity contribution in [1.82, 2.24) is 9.78 Å². The van der Waals surface area contributed by atoms with E-state index in [-0.39, 0.29) is 5.56 Å². The fourth-order valence-corrected chi connectivity index (χ4v) is 0.956. The van der Waals surface area contributed by atoms with E-state index in [4.69, 9.17) is 5.11 Å². The molecule has 0 aliphatic rings. The Morgan fingerprint density at radius 2 is 2.31 bits per heavy atom. The van der Waals surface area contributed by atoms with Gasteiger partial charge in [-0.05, 0) is 6.42 Å². The van der Waals surface area contributed by atoms with Gasteiger partial charge in [0, 0.05) is 12.7 Å². The van der Waals surface area contributed by atoms with Crippen LogP contribution in [-0.2, 0) is 11.3 Å². The molecule has 0 aromatic carbocycles. The van der Waals surface area contributed by atoms with E-state index in [1.165, 1.54) is 12.4 Å². The van der Waals surface area contributed by atoms with E-state index >= 15 is 0 Å². The number of rotatable bonds is 4. The largest absolute Gasteiger partial charge is 0.475 e. The fourth-order valence-electron chi connectivity index (χ4n) is 0.956. The molecule has 13 heavy (non-hydrogen) atoms. The van der Waals surface area contributed by atoms with Crippen LogP contribution in [0.1, 0.15) is 23.7 Å². The smallest absolute Gasteiger partial charge is 0.377 e. The van der Waals surface area contributed by atoms with E-state index in [1.807, 2.05) is 6.92 Å². The molecule has 0 atom stereocenters. The topological polar surface area (TPSA) is 72.2 Å². The number of hydrogen-bond acceptors (Lipinski definition) is 3. The predicted molar refractivity (Wildman–Crippen MR) is 44.5 cm³/mol. The Bertz CT molecular complexity index is 330. The first kappa shape index (κ1) is 9.44. The first-order valence-corrected chi connectivity index (χ1v) is 3.95. The van der Waals surface area contributed by atoms with E-state index in [0.29, 0.717) is 6.54 Å². The minimum absolute atomic E-state index is 0.126. The van der Waals surface area contributed by atoms with Gasteiger partial charge in [0.2, 0.25) is 0 Å². The highest BCUT2D eigenvalue weighted by atomic mass is 16.4. The summed E-state index contributed by atoms with van der Waals surface area (Å²) in [4.78, 5) is 21.2. The van der Waals surface area contributed by atoms with Crippen molar-refractivity contribution in [1.29, 1.82) is 0 Å². The average molecular weight is 182 g/mol. The van der Waals surface area contributed by atoms with Gasteiger partial charge in [-0.25, -0.2) is 4.79 Å². The summed E-state index contributed by atoms with van der Waals surface area (Å²) in [5.41, 5.74) is 0.126. The van der Waals surface area contributed by atoms with Gasteiger partial charge in [0.1, 0.15) is 0 Å². The van der Waals surface area contributed by atoms with Crippen LogP contribution < -0.4 is 0 Å². The van der Waals surface area contributed by atoms with Gasteiger partial charge in [-0.15, -0.1) is 0 Å². The van der Waals surface area contributed by atoms with Gasteiger partial charge in [0.25, 0.3) is 5.78 Å². The molecule has 0 saturated carbocycles. The van der Waals surface area contributed by atoms with E-state index in [0.717, 1.165) is 6.42 Å². The summed E-state index contributed by atoms with van der Waals surface area (Å²) >= 11 is 0. The van der Waals surface area contributed by atoms with Crippen molar-refractivity contribution < 1.29 is 14.7 Å². The lowest BCUT2D eigenvalue weighted by atomic mass is 10.2. The minimum atomic E-state index is -1.45. The van der Waals surface area contributed by atoms with Gasteiger partial charge in [0.05, 0.1) is 11.8 Å². The fraction of sp³-hybridized carbons (Fsp3) is 0.375. The summed E-state index contributed by atoms with van der Waals surface area (Å²) in [7, 11) is 0. The van der Waals surface area contributed by atoms with Crippen molar-refractivity contribution in [2.24, 2.45) is 0 Å². The molecule has 1 aromatic heterocycles. The molecule has 0 bridgehead atoms. The highest BCUT2D eigenvalue weighted by molar-refractivity contribution is 6.39. The SMILES string of the molecule is CCCn1cc(C(=O)C(=O)O)cn1. The van der Waals surface area contributed by atoms with Crippen LogP contribution in [0.3, 0.4) is 0 Å². The molecule has 0 fully saturated rings. The van der Waals surface area contributed by atoms with E-state index in [9.17, 15) is 9.59 Å². The second-order valence-electron chi connectivity index (χ2n) is 2.63. The third kappa shape index (κ3) is 2.14. The van der Waals surface area contributed by atoms with Crippen LogP contribution >= 0.6 is 0 Å². The zero-order valence-electron chi connectivity index (χ0n) is 7.23. The van der Waals surface area contributed by atoms with Crippen molar-refractivity contribution >= 4 is 11.8 Å². The van der Waals surface area contributed by atoms with E-state index < -0.39 is 11.8 Å². The Kier molecular flexibility index (Phi) is 2.79. The van der Waals surface area contributed by atoms with E-state index in [2.05, 4.69) is 5.10 Å². The lowest BCUT2D eigenvalue weighted by Crippen LogP contribution is -2.11. The van der Waals surface area contributed by atoms with Crippen LogP contribution in [-0.4, -0.2) is 26.6 Å². The zero-order valence-corrected chi connectivity index (χ0v) is 7.23. The third-order valence-corrected chi connectivity index (χ3v) is 1.54. The number of ketones is 1. The number of carbonyl (C=O) groups is 2. The first-order valence-electron chi connectivity index (χ1n) is 3.95. The highest BCUT2D eigenvalue weighted by Gasteiger charge is 2.15. The second-order valence-corrected chi connectivity index (χ2v) is 2.63. The number of carboxylic acid groups (broad SMARTS) is 1. The number of nitrogens with zero attached hydrogens (tertiary/aromatic N) is 2. The maximum absolute atomic E-state index is 10.9. The quantitative estimate of drug-likeness (QED) is 0.545. The molecule has 5 heteroatoms. The predicted octanol–water partition coefficient (Wildman–Crippen LogP) is 0.560. The number of carboxylic acids is 1. The summed E-state index contributed by atoms with van der Waals surface area (Å²) in [6.07, 6.45) is 3.61. The van der Waals surface area contributed by atoms with Crippen molar-refractivity contribution in [3.05, 3.63) is 18.0 Å². The lowest BCUT2D eigenvalue weighted by molar-refractivity contribution is -0.131. The van der Waals surface area contributed by atoms with Crippen LogP contribution in [0.4, 0.5) is 0 Å². The summed E-state index contributed by atoms with van der Waals surface area (Å²) in [6.45, 7) is 2.66. The molecule has 0 aliphatic heterocycles. The highest BCUT2D eigenvalue weighted by Crippen LogP contribution is 2.00.